The maximum Gasteiger partial charge on any atom is 0.303 e. The van der Waals surface area contributed by atoms with Crippen molar-refractivity contribution < 1.29 is 27.5 Å². The molecule has 2 aromatic carbocycles. The van der Waals surface area contributed by atoms with Gasteiger partial charge in [0.05, 0.1) is 6.61 Å². The van der Waals surface area contributed by atoms with Crippen LogP contribution in [0.3, 0.4) is 0 Å². The summed E-state index contributed by atoms with van der Waals surface area (Å²) < 4.78 is 35.4. The number of ether oxygens (including phenoxy) is 2. The van der Waals surface area contributed by atoms with Gasteiger partial charge in [0.25, 0.3) is 8.32 Å². The highest BCUT2D eigenvalue weighted by molar-refractivity contribution is 6.99. The van der Waals surface area contributed by atoms with Crippen LogP contribution < -0.4 is 10.4 Å². The van der Waals surface area contributed by atoms with Crippen molar-refractivity contribution in [3.05, 3.63) is 60.7 Å². The number of benzene rings is 2. The number of esters is 1. The molecule has 58 heavy (non-hydrogen) atoms. The van der Waals surface area contributed by atoms with E-state index < -0.39 is 30.6 Å². The van der Waals surface area contributed by atoms with Gasteiger partial charge in [-0.15, -0.1) is 0 Å². The van der Waals surface area contributed by atoms with Crippen LogP contribution in [0.25, 0.3) is 0 Å². The Labute approximate surface area is 357 Å². The molecule has 326 valence electrons. The molecule has 0 N–H and O–H groups in total. The Hall–Kier alpha value is -1.60. The van der Waals surface area contributed by atoms with Crippen molar-refractivity contribution in [2.75, 3.05) is 19.8 Å². The van der Waals surface area contributed by atoms with E-state index in [9.17, 15) is 4.79 Å². The second-order valence-corrected chi connectivity index (χ2v) is 36.9. The van der Waals surface area contributed by atoms with Crippen LogP contribution in [-0.2, 0) is 27.5 Å². The zero-order valence-corrected chi connectivity index (χ0v) is 42.7. The lowest BCUT2D eigenvalue weighted by Gasteiger charge is -2.57. The van der Waals surface area contributed by atoms with E-state index in [0.29, 0.717) is 31.0 Å². The Morgan fingerprint density at radius 1 is 0.741 bits per heavy atom. The first-order chi connectivity index (χ1) is 26.7. The van der Waals surface area contributed by atoms with Gasteiger partial charge in [0.1, 0.15) is 11.7 Å². The predicted molar refractivity (Wildman–Crippen MR) is 248 cm³/mol. The molecule has 2 aromatic rings. The van der Waals surface area contributed by atoms with Crippen molar-refractivity contribution in [3.63, 3.8) is 0 Å². The molecule has 3 aliphatic rings. The molecule has 5 rings (SSSR count). The summed E-state index contributed by atoms with van der Waals surface area (Å²) in [6.07, 6.45) is 2.40. The average Bonchev–Trinajstić information content (AvgIpc) is 3.89. The third kappa shape index (κ3) is 9.71. The van der Waals surface area contributed by atoms with Gasteiger partial charge in [-0.3, -0.25) is 4.79 Å². The number of hydrogen-bond donors (Lipinski definition) is 0. The fourth-order valence-electron chi connectivity index (χ4n) is 10.1. The van der Waals surface area contributed by atoms with Crippen LogP contribution in [0.15, 0.2) is 60.7 Å². The minimum Gasteiger partial charge on any atom is -0.459 e. The quantitative estimate of drug-likeness (QED) is 0.107. The highest BCUT2D eigenvalue weighted by Crippen LogP contribution is 2.61. The molecule has 9 heteroatoms. The topological polar surface area (TPSA) is 66.5 Å². The summed E-state index contributed by atoms with van der Waals surface area (Å²) in [5.41, 5.74) is -0.453. The smallest absolute Gasteiger partial charge is 0.303 e. The van der Waals surface area contributed by atoms with E-state index in [2.05, 4.69) is 170 Å². The van der Waals surface area contributed by atoms with Gasteiger partial charge in [0.15, 0.2) is 16.6 Å². The molecule has 1 aliphatic heterocycles. The molecule has 0 amide bonds. The molecule has 0 unspecified atom stereocenters. The van der Waals surface area contributed by atoms with Crippen LogP contribution in [0.5, 0.6) is 0 Å². The van der Waals surface area contributed by atoms with Crippen molar-refractivity contribution in [1.82, 2.24) is 0 Å². The first kappa shape index (κ1) is 47.4. The summed E-state index contributed by atoms with van der Waals surface area (Å²) >= 11 is 0. The molecule has 9 atom stereocenters. The third-order valence-electron chi connectivity index (χ3n) is 15.7. The van der Waals surface area contributed by atoms with E-state index >= 15 is 0 Å². The van der Waals surface area contributed by atoms with Crippen molar-refractivity contribution in [2.24, 2.45) is 41.4 Å². The molecular weight excluding hydrogens is 769 g/mol. The Kier molecular flexibility index (Phi) is 14.1. The van der Waals surface area contributed by atoms with Gasteiger partial charge in [0.2, 0.25) is 0 Å². The Morgan fingerprint density at radius 2 is 1.22 bits per heavy atom. The van der Waals surface area contributed by atoms with Crippen LogP contribution in [0, 0.1) is 41.4 Å². The van der Waals surface area contributed by atoms with Crippen molar-refractivity contribution in [3.8, 4) is 0 Å². The normalized spacial score (nSPS) is 28.2. The van der Waals surface area contributed by atoms with Crippen molar-refractivity contribution in [1.29, 1.82) is 0 Å². The van der Waals surface area contributed by atoms with Crippen LogP contribution >= 0.6 is 0 Å². The Morgan fingerprint density at radius 3 is 1.64 bits per heavy atom. The monoisotopic (exact) mass is 851 g/mol. The van der Waals surface area contributed by atoms with Gasteiger partial charge in [-0.1, -0.05) is 144 Å². The fourth-order valence-corrected chi connectivity index (χ4v) is 17.0. The van der Waals surface area contributed by atoms with Crippen LogP contribution in [0.2, 0.25) is 41.3 Å². The molecular formula is C49H82O6Si3. The van der Waals surface area contributed by atoms with Gasteiger partial charge in [0, 0.05) is 32.2 Å². The molecule has 2 aliphatic carbocycles. The summed E-state index contributed by atoms with van der Waals surface area (Å²) in [6, 6.07) is 22.2. The molecule has 3 fully saturated rings. The lowest BCUT2D eigenvalue weighted by atomic mass is 9.52. The first-order valence-corrected chi connectivity index (χ1v) is 30.3. The van der Waals surface area contributed by atoms with E-state index in [0.717, 1.165) is 25.9 Å². The Bertz CT molecular complexity index is 1610. The molecule has 0 bridgehead atoms. The summed E-state index contributed by atoms with van der Waals surface area (Å²) in [5, 5.41) is 2.71. The van der Waals surface area contributed by atoms with Gasteiger partial charge >= 0.3 is 5.97 Å². The first-order valence-electron chi connectivity index (χ1n) is 22.6. The van der Waals surface area contributed by atoms with E-state index in [1.807, 2.05) is 0 Å². The van der Waals surface area contributed by atoms with Gasteiger partial charge in [-0.2, -0.15) is 0 Å². The molecule has 1 saturated heterocycles. The van der Waals surface area contributed by atoms with Crippen LogP contribution in [0.4, 0.5) is 0 Å². The second kappa shape index (κ2) is 17.3. The molecule has 1 spiro atoms. The number of rotatable bonds is 14. The van der Waals surface area contributed by atoms with Gasteiger partial charge in [-0.05, 0) is 106 Å². The second-order valence-electron chi connectivity index (χ2n) is 23.1. The molecule has 0 aromatic heterocycles. The number of carbonyl (C=O) groups is 1. The van der Waals surface area contributed by atoms with Crippen molar-refractivity contribution >= 4 is 41.3 Å². The lowest BCUT2D eigenvalue weighted by molar-refractivity contribution is -0.182. The van der Waals surface area contributed by atoms with E-state index in [1.165, 1.54) is 10.4 Å². The maximum absolute atomic E-state index is 13.1. The largest absolute Gasteiger partial charge is 0.459 e. The number of epoxide rings is 1. The highest BCUT2D eigenvalue weighted by Gasteiger charge is 2.67. The maximum atomic E-state index is 13.1. The SMILES string of the molecule is CC(=O)O[C@H]1[C@H]2[C@H](C[C@H](O[Si](c3ccccc3)(c3ccccc3)C(C)(C)C)C[C@H]2[C@H](C)CO[Si](C)(C)C(C)(C)C)[C@H]([C@H](CO[Si](C)(C)C(C)(C)C)C(C)C)C[C@]12CO2. The highest BCUT2D eigenvalue weighted by atomic mass is 28.4. The van der Waals surface area contributed by atoms with Crippen LogP contribution in [-0.4, -0.2) is 68.6 Å². The van der Waals surface area contributed by atoms with E-state index in [-0.39, 0.29) is 57.0 Å². The van der Waals surface area contributed by atoms with E-state index in [1.54, 1.807) is 6.92 Å². The zero-order valence-electron chi connectivity index (χ0n) is 39.7. The standard InChI is InChI=1S/C49H82O6Si3/c1-34(2)43(32-53-57(16,17)47(8,9)10)42-30-49(33-51-49)45(54-36(4)50)44-40(35(3)31-52-56(14,15)46(5,6)7)28-37(29-41(42)44)55-58(48(11,12)13,38-24-20-18-21-25-38)39-26-22-19-23-27-39/h18-27,34-35,37,40-45H,28-33H2,1-17H3/t35-,37-,40+,41-,42-,43-,44-,45+,49+/m1/s1. The van der Waals surface area contributed by atoms with Crippen LogP contribution in [0.1, 0.15) is 109 Å². The Balaban J connectivity index is 1.67. The summed E-state index contributed by atoms with van der Waals surface area (Å²) in [4.78, 5) is 13.1. The number of hydrogen-bond acceptors (Lipinski definition) is 6. The molecule has 2 saturated carbocycles. The average molecular weight is 851 g/mol. The molecule has 0 radical (unpaired) electrons. The fraction of sp³-hybridized carbons (Fsp3) is 0.735. The summed E-state index contributed by atoms with van der Waals surface area (Å²) in [6.45, 7) is 41.4. The summed E-state index contributed by atoms with van der Waals surface area (Å²) in [5.74, 6) is 1.65. The number of fused-ring (bicyclic) bond motifs is 1. The minimum atomic E-state index is -2.88. The van der Waals surface area contributed by atoms with Gasteiger partial charge < -0.3 is 22.8 Å². The van der Waals surface area contributed by atoms with Gasteiger partial charge in [-0.25, -0.2) is 0 Å². The number of carbonyl (C=O) groups excluding carboxylic acids is 1. The molecule has 6 nitrogen and oxygen atoms in total. The summed E-state index contributed by atoms with van der Waals surface area (Å²) in [7, 11) is -6.94. The zero-order chi connectivity index (χ0) is 43.3. The lowest BCUT2D eigenvalue weighted by Crippen LogP contribution is -2.69. The third-order valence-corrected chi connectivity index (χ3v) is 29.8. The van der Waals surface area contributed by atoms with E-state index in [4.69, 9.17) is 22.8 Å². The molecule has 1 heterocycles. The predicted octanol–water partition coefficient (Wildman–Crippen LogP) is 11.2. The van der Waals surface area contributed by atoms with Crippen molar-refractivity contribution in [2.45, 2.75) is 168 Å². The minimum absolute atomic E-state index is 0.0108.